The molecular formula is C16H20N5O5P. The molecule has 0 aliphatic rings. The van der Waals surface area contributed by atoms with Gasteiger partial charge in [-0.2, -0.15) is 0 Å². The van der Waals surface area contributed by atoms with Gasteiger partial charge in [0.1, 0.15) is 18.2 Å². The maximum absolute atomic E-state index is 11.0. The first-order chi connectivity index (χ1) is 12.9. The molecule has 0 aliphatic heterocycles. The Morgan fingerprint density at radius 1 is 1.11 bits per heavy atom. The summed E-state index contributed by atoms with van der Waals surface area (Å²) < 4.78 is 23.7. The molecule has 2 heterocycles. The van der Waals surface area contributed by atoms with Gasteiger partial charge in [-0.05, 0) is 5.56 Å². The lowest BCUT2D eigenvalue weighted by atomic mass is 10.2. The molecule has 1 aromatic carbocycles. The molecule has 0 unspecified atom stereocenters. The molecule has 0 bridgehead atoms. The van der Waals surface area contributed by atoms with Gasteiger partial charge in [0, 0.05) is 0 Å². The van der Waals surface area contributed by atoms with Crippen molar-refractivity contribution < 1.29 is 23.8 Å². The zero-order valence-corrected chi connectivity index (χ0v) is 15.3. The monoisotopic (exact) mass is 393 g/mol. The maximum atomic E-state index is 11.0. The lowest BCUT2D eigenvalue weighted by Crippen LogP contribution is -2.21. The molecule has 0 amide bonds. The van der Waals surface area contributed by atoms with E-state index in [4.69, 9.17) is 25.0 Å². The van der Waals surface area contributed by atoms with Gasteiger partial charge in [0.05, 0.1) is 32.2 Å². The smallest absolute Gasteiger partial charge is 0.350 e. The van der Waals surface area contributed by atoms with Crippen molar-refractivity contribution in [1.29, 1.82) is 0 Å². The Morgan fingerprint density at radius 3 is 2.59 bits per heavy atom. The van der Waals surface area contributed by atoms with E-state index in [1.54, 1.807) is 4.57 Å². The first kappa shape index (κ1) is 19.4. The van der Waals surface area contributed by atoms with Crippen LogP contribution in [0, 0.1) is 0 Å². The van der Waals surface area contributed by atoms with Gasteiger partial charge in [-0.25, -0.2) is 15.0 Å². The van der Waals surface area contributed by atoms with E-state index in [2.05, 4.69) is 15.0 Å². The first-order valence-electron chi connectivity index (χ1n) is 8.11. The fourth-order valence-corrected chi connectivity index (χ4v) is 2.88. The van der Waals surface area contributed by atoms with Crippen molar-refractivity contribution in [3.63, 3.8) is 0 Å². The van der Waals surface area contributed by atoms with Crippen LogP contribution in [0.1, 0.15) is 11.6 Å². The van der Waals surface area contributed by atoms with Crippen molar-refractivity contribution in [2.24, 2.45) is 0 Å². The molecule has 10 nitrogen and oxygen atoms in total. The Kier molecular flexibility index (Phi) is 6.15. The molecule has 11 heteroatoms. The number of imidazole rings is 1. The average Bonchev–Trinajstić information content (AvgIpc) is 3.06. The SMILES string of the molecule is Nc1ncnc2c1ncn2[C@@H](COCc1ccccc1)COCP(=O)(O)O. The van der Waals surface area contributed by atoms with E-state index < -0.39 is 20.0 Å². The standard InChI is InChI=1S/C16H20N5O5P/c17-15-14-16(19-9-18-15)21(10-20-14)13(8-26-11-27(22,23)24)7-25-6-12-4-2-1-3-5-12/h1-5,9-10,13H,6-8,11H2,(H2,17,18,19)(H2,22,23,24)/t13-/m0/s1. The molecular weight excluding hydrogens is 373 g/mol. The number of nitrogen functional groups attached to an aromatic ring is 1. The molecule has 3 aromatic rings. The van der Waals surface area contributed by atoms with Gasteiger partial charge in [-0.1, -0.05) is 30.3 Å². The van der Waals surface area contributed by atoms with Crippen molar-refractivity contribution in [2.45, 2.75) is 12.6 Å². The lowest BCUT2D eigenvalue weighted by molar-refractivity contribution is 0.0470. The quantitative estimate of drug-likeness (QED) is 0.458. The Morgan fingerprint density at radius 2 is 1.85 bits per heavy atom. The summed E-state index contributed by atoms with van der Waals surface area (Å²) in [5.74, 6) is 0.249. The number of anilines is 1. The summed E-state index contributed by atoms with van der Waals surface area (Å²) in [5.41, 5.74) is 7.76. The van der Waals surface area contributed by atoms with Crippen molar-refractivity contribution in [3.8, 4) is 0 Å². The molecule has 144 valence electrons. The predicted molar refractivity (Wildman–Crippen MR) is 97.7 cm³/mol. The van der Waals surface area contributed by atoms with Gasteiger partial charge in [-0.3, -0.25) is 4.57 Å². The van der Waals surface area contributed by atoms with Gasteiger partial charge in [0.25, 0.3) is 0 Å². The topological polar surface area (TPSA) is 146 Å². The molecule has 0 fully saturated rings. The number of rotatable bonds is 9. The number of ether oxygens (including phenoxy) is 2. The van der Waals surface area contributed by atoms with E-state index in [0.717, 1.165) is 5.56 Å². The summed E-state index contributed by atoms with van der Waals surface area (Å²) in [7, 11) is -4.26. The zero-order valence-electron chi connectivity index (χ0n) is 14.4. The fourth-order valence-electron chi connectivity index (χ4n) is 2.54. The Hall–Kier alpha value is -2.36. The van der Waals surface area contributed by atoms with Crippen LogP contribution in [0.4, 0.5) is 5.82 Å². The number of hydrogen-bond acceptors (Lipinski definition) is 7. The van der Waals surface area contributed by atoms with Crippen LogP contribution < -0.4 is 5.73 Å². The van der Waals surface area contributed by atoms with E-state index in [0.29, 0.717) is 17.8 Å². The number of fused-ring (bicyclic) bond motifs is 1. The van der Waals surface area contributed by atoms with Crippen LogP contribution in [-0.2, 0) is 20.6 Å². The normalized spacial score (nSPS) is 13.1. The van der Waals surface area contributed by atoms with Crippen LogP contribution in [0.3, 0.4) is 0 Å². The van der Waals surface area contributed by atoms with Crippen LogP contribution in [-0.4, -0.2) is 48.9 Å². The van der Waals surface area contributed by atoms with Crippen molar-refractivity contribution in [1.82, 2.24) is 19.5 Å². The highest BCUT2D eigenvalue weighted by atomic mass is 31.2. The summed E-state index contributed by atoms with van der Waals surface area (Å²) in [6, 6.07) is 9.24. The lowest BCUT2D eigenvalue weighted by Gasteiger charge is -2.19. The highest BCUT2D eigenvalue weighted by Gasteiger charge is 2.20. The van der Waals surface area contributed by atoms with Gasteiger partial charge >= 0.3 is 7.60 Å². The van der Waals surface area contributed by atoms with E-state index in [1.807, 2.05) is 30.3 Å². The number of hydrogen-bond donors (Lipinski definition) is 3. The summed E-state index contributed by atoms with van der Waals surface area (Å²) in [6.07, 6.45) is 2.19. The molecule has 3 rings (SSSR count). The number of nitrogens with two attached hydrogens (primary N) is 1. The van der Waals surface area contributed by atoms with Crippen LogP contribution in [0.25, 0.3) is 11.2 Å². The molecule has 1 atom stereocenters. The fraction of sp³-hybridized carbons (Fsp3) is 0.312. The average molecular weight is 393 g/mol. The van der Waals surface area contributed by atoms with Crippen molar-refractivity contribution in [3.05, 3.63) is 48.5 Å². The summed E-state index contributed by atoms with van der Waals surface area (Å²) in [5, 5.41) is 0. The summed E-state index contributed by atoms with van der Waals surface area (Å²) in [6.45, 7) is 0.625. The largest absolute Gasteiger partial charge is 0.382 e. The minimum absolute atomic E-state index is 0.00919. The maximum Gasteiger partial charge on any atom is 0.350 e. The van der Waals surface area contributed by atoms with E-state index in [1.165, 1.54) is 12.7 Å². The minimum Gasteiger partial charge on any atom is -0.382 e. The van der Waals surface area contributed by atoms with Gasteiger partial charge in [0.15, 0.2) is 11.5 Å². The van der Waals surface area contributed by atoms with E-state index >= 15 is 0 Å². The highest BCUT2D eigenvalue weighted by Crippen LogP contribution is 2.34. The second-order valence-corrected chi connectivity index (χ2v) is 7.49. The van der Waals surface area contributed by atoms with E-state index in [9.17, 15) is 4.57 Å². The second-order valence-electron chi connectivity index (χ2n) is 5.90. The third kappa shape index (κ3) is 5.31. The number of benzene rings is 1. The number of nitrogens with zero attached hydrogens (tertiary/aromatic N) is 4. The number of aromatic nitrogens is 4. The third-order valence-electron chi connectivity index (χ3n) is 3.77. The predicted octanol–water partition coefficient (Wildman–Crippen LogP) is 1.32. The van der Waals surface area contributed by atoms with Gasteiger partial charge in [-0.15, -0.1) is 0 Å². The van der Waals surface area contributed by atoms with Crippen LogP contribution in [0.2, 0.25) is 0 Å². The highest BCUT2D eigenvalue weighted by molar-refractivity contribution is 7.51. The Bertz CT molecular complexity index is 929. The molecule has 0 saturated carbocycles. The Labute approximate surface area is 155 Å². The molecule has 0 radical (unpaired) electrons. The minimum atomic E-state index is -4.26. The van der Waals surface area contributed by atoms with Crippen LogP contribution in [0.15, 0.2) is 43.0 Å². The van der Waals surface area contributed by atoms with Crippen LogP contribution >= 0.6 is 7.60 Å². The molecule has 2 aromatic heterocycles. The molecule has 0 aliphatic carbocycles. The Balaban J connectivity index is 1.74. The molecule has 0 saturated heterocycles. The zero-order chi connectivity index (χ0) is 19.3. The van der Waals surface area contributed by atoms with Gasteiger partial charge < -0.3 is 29.6 Å². The molecule has 0 spiro atoms. The van der Waals surface area contributed by atoms with Crippen molar-refractivity contribution >= 4 is 24.6 Å². The third-order valence-corrected chi connectivity index (χ3v) is 4.29. The van der Waals surface area contributed by atoms with Crippen molar-refractivity contribution in [2.75, 3.05) is 25.3 Å². The van der Waals surface area contributed by atoms with Crippen LogP contribution in [0.5, 0.6) is 0 Å². The molecule has 27 heavy (non-hydrogen) atoms. The second kappa shape index (κ2) is 8.55. The van der Waals surface area contributed by atoms with Gasteiger partial charge in [0.2, 0.25) is 0 Å². The summed E-state index contributed by atoms with van der Waals surface area (Å²) in [4.78, 5) is 30.3. The summed E-state index contributed by atoms with van der Waals surface area (Å²) >= 11 is 0. The molecule has 4 N–H and O–H groups in total. The van der Waals surface area contributed by atoms with E-state index in [-0.39, 0.29) is 19.0 Å². The first-order valence-corrected chi connectivity index (χ1v) is 9.91.